The molecule has 0 unspecified atom stereocenters. The van der Waals surface area contributed by atoms with Gasteiger partial charge in [-0.3, -0.25) is 9.48 Å². The Bertz CT molecular complexity index is 647. The first-order valence-electron chi connectivity index (χ1n) is 5.87. The average Bonchev–Trinajstić information content (AvgIpc) is 2.58. The van der Waals surface area contributed by atoms with E-state index in [2.05, 4.69) is 5.10 Å². The first kappa shape index (κ1) is 13.4. The van der Waals surface area contributed by atoms with Crippen molar-refractivity contribution in [2.75, 3.05) is 0 Å². The van der Waals surface area contributed by atoms with Gasteiger partial charge in [0.15, 0.2) is 17.4 Å². The molecule has 0 amide bonds. The van der Waals surface area contributed by atoms with Crippen molar-refractivity contribution in [3.63, 3.8) is 0 Å². The Kier molecular flexibility index (Phi) is 3.46. The molecule has 0 N–H and O–H groups in total. The predicted molar refractivity (Wildman–Crippen MR) is 67.1 cm³/mol. The van der Waals surface area contributed by atoms with Gasteiger partial charge in [0, 0.05) is 19.2 Å². The van der Waals surface area contributed by atoms with E-state index in [0.29, 0.717) is 16.8 Å². The van der Waals surface area contributed by atoms with Gasteiger partial charge in [-0.25, -0.2) is 8.78 Å². The fraction of sp³-hybridized carbons (Fsp3) is 0.286. The van der Waals surface area contributed by atoms with Crippen LogP contribution in [0.3, 0.4) is 0 Å². The number of carbonyl (C=O) groups is 1. The number of Topliss-reactive ketones (excluding diaryl/α,β-unsaturated/α-hetero) is 1. The average molecular weight is 264 g/mol. The van der Waals surface area contributed by atoms with Gasteiger partial charge >= 0.3 is 0 Å². The Morgan fingerprint density at radius 1 is 1.26 bits per heavy atom. The van der Waals surface area contributed by atoms with Crippen LogP contribution >= 0.6 is 0 Å². The lowest BCUT2D eigenvalue weighted by molar-refractivity contribution is 0.0991. The third-order valence-electron chi connectivity index (χ3n) is 3.14. The van der Waals surface area contributed by atoms with Gasteiger partial charge in [-0.15, -0.1) is 0 Å². The number of aryl methyl sites for hydroxylation is 2. The van der Waals surface area contributed by atoms with Crippen LogP contribution < -0.4 is 0 Å². The molecule has 0 radical (unpaired) electrons. The van der Waals surface area contributed by atoms with E-state index in [1.165, 1.54) is 6.07 Å². The molecule has 0 saturated carbocycles. The third kappa shape index (κ3) is 2.54. The number of nitrogens with zero attached hydrogens (tertiary/aromatic N) is 2. The van der Waals surface area contributed by atoms with Crippen molar-refractivity contribution in [1.82, 2.24) is 9.78 Å². The van der Waals surface area contributed by atoms with Gasteiger partial charge in [-0.2, -0.15) is 5.10 Å². The van der Waals surface area contributed by atoms with Crippen LogP contribution in [0.15, 0.2) is 18.2 Å². The third-order valence-corrected chi connectivity index (χ3v) is 3.14. The van der Waals surface area contributed by atoms with Crippen molar-refractivity contribution in [2.24, 2.45) is 7.05 Å². The lowest BCUT2D eigenvalue weighted by Gasteiger charge is -2.03. The predicted octanol–water partition coefficient (Wildman–Crippen LogP) is 2.74. The van der Waals surface area contributed by atoms with Crippen molar-refractivity contribution >= 4 is 5.78 Å². The zero-order valence-corrected chi connectivity index (χ0v) is 11.0. The standard InChI is InChI=1S/C14H14F2N2O/c1-8-14(9(2)18(3)17-8)13(19)7-10-4-5-11(15)12(16)6-10/h4-6H,7H2,1-3H3. The molecule has 2 aromatic rings. The summed E-state index contributed by atoms with van der Waals surface area (Å²) >= 11 is 0. The molecule has 0 aliphatic heterocycles. The highest BCUT2D eigenvalue weighted by molar-refractivity contribution is 5.99. The first-order chi connectivity index (χ1) is 8.90. The summed E-state index contributed by atoms with van der Waals surface area (Å²) in [5.41, 5.74) is 2.41. The van der Waals surface area contributed by atoms with Crippen molar-refractivity contribution in [2.45, 2.75) is 20.3 Å². The minimum Gasteiger partial charge on any atom is -0.294 e. The molecule has 19 heavy (non-hydrogen) atoms. The second-order valence-electron chi connectivity index (χ2n) is 4.52. The number of benzene rings is 1. The van der Waals surface area contributed by atoms with E-state index in [-0.39, 0.29) is 12.2 Å². The van der Waals surface area contributed by atoms with Crippen LogP contribution in [0.25, 0.3) is 0 Å². The van der Waals surface area contributed by atoms with Crippen molar-refractivity contribution < 1.29 is 13.6 Å². The monoisotopic (exact) mass is 264 g/mol. The van der Waals surface area contributed by atoms with E-state index in [9.17, 15) is 13.6 Å². The second kappa shape index (κ2) is 4.91. The molecule has 0 spiro atoms. The molecule has 3 nitrogen and oxygen atoms in total. The van der Waals surface area contributed by atoms with Gasteiger partial charge in [0.2, 0.25) is 0 Å². The zero-order chi connectivity index (χ0) is 14.2. The highest BCUT2D eigenvalue weighted by Crippen LogP contribution is 2.16. The van der Waals surface area contributed by atoms with E-state index in [4.69, 9.17) is 0 Å². The lowest BCUT2D eigenvalue weighted by Crippen LogP contribution is -2.07. The summed E-state index contributed by atoms with van der Waals surface area (Å²) in [4.78, 5) is 12.2. The molecule has 0 fully saturated rings. The molecule has 1 aromatic heterocycles. The molecule has 0 aliphatic rings. The van der Waals surface area contributed by atoms with E-state index < -0.39 is 11.6 Å². The second-order valence-corrected chi connectivity index (χ2v) is 4.52. The summed E-state index contributed by atoms with van der Waals surface area (Å²) in [7, 11) is 1.76. The summed E-state index contributed by atoms with van der Waals surface area (Å²) in [6.07, 6.45) is 0.0323. The Morgan fingerprint density at radius 3 is 2.47 bits per heavy atom. The maximum Gasteiger partial charge on any atom is 0.170 e. The molecule has 0 bridgehead atoms. The largest absolute Gasteiger partial charge is 0.294 e. The Hall–Kier alpha value is -2.04. The Balaban J connectivity index is 2.28. The van der Waals surface area contributed by atoms with Crippen LogP contribution in [0, 0.1) is 25.5 Å². The van der Waals surface area contributed by atoms with Crippen LogP contribution in [-0.4, -0.2) is 15.6 Å². The van der Waals surface area contributed by atoms with E-state index in [1.54, 1.807) is 25.6 Å². The van der Waals surface area contributed by atoms with Crippen molar-refractivity contribution in [1.29, 1.82) is 0 Å². The fourth-order valence-electron chi connectivity index (χ4n) is 2.10. The van der Waals surface area contributed by atoms with Gasteiger partial charge in [0.1, 0.15) is 0 Å². The minimum atomic E-state index is -0.940. The van der Waals surface area contributed by atoms with Gasteiger partial charge in [0.25, 0.3) is 0 Å². The topological polar surface area (TPSA) is 34.9 Å². The zero-order valence-electron chi connectivity index (χ0n) is 11.0. The van der Waals surface area contributed by atoms with Crippen LogP contribution in [0.4, 0.5) is 8.78 Å². The maximum atomic E-state index is 13.1. The van der Waals surface area contributed by atoms with Gasteiger partial charge in [0.05, 0.1) is 11.3 Å². The number of hydrogen-bond acceptors (Lipinski definition) is 2. The van der Waals surface area contributed by atoms with Crippen molar-refractivity contribution in [3.05, 3.63) is 52.3 Å². The Labute approximate surface area is 109 Å². The van der Waals surface area contributed by atoms with Crippen LogP contribution in [0.1, 0.15) is 27.3 Å². The minimum absolute atomic E-state index is 0.0323. The number of rotatable bonds is 3. The van der Waals surface area contributed by atoms with E-state index in [0.717, 1.165) is 17.8 Å². The lowest BCUT2D eigenvalue weighted by atomic mass is 10.0. The number of halogens is 2. The SMILES string of the molecule is Cc1nn(C)c(C)c1C(=O)Cc1ccc(F)c(F)c1. The summed E-state index contributed by atoms with van der Waals surface area (Å²) in [6, 6.07) is 3.49. The van der Waals surface area contributed by atoms with Gasteiger partial charge < -0.3 is 0 Å². The quantitative estimate of drug-likeness (QED) is 0.799. The smallest absolute Gasteiger partial charge is 0.170 e. The molecule has 0 atom stereocenters. The van der Waals surface area contributed by atoms with E-state index in [1.807, 2.05) is 0 Å². The molecule has 1 aromatic carbocycles. The summed E-state index contributed by atoms with van der Waals surface area (Å²) in [5.74, 6) is -2.00. The van der Waals surface area contributed by atoms with Gasteiger partial charge in [-0.1, -0.05) is 6.07 Å². The van der Waals surface area contributed by atoms with E-state index >= 15 is 0 Å². The number of aromatic nitrogens is 2. The normalized spacial score (nSPS) is 10.8. The molecule has 0 aliphatic carbocycles. The molecule has 0 saturated heterocycles. The Morgan fingerprint density at radius 2 is 1.95 bits per heavy atom. The van der Waals surface area contributed by atoms with Crippen molar-refractivity contribution in [3.8, 4) is 0 Å². The van der Waals surface area contributed by atoms with Crippen LogP contribution in [0.2, 0.25) is 0 Å². The molecule has 2 rings (SSSR count). The maximum absolute atomic E-state index is 13.1. The fourth-order valence-corrected chi connectivity index (χ4v) is 2.10. The van der Waals surface area contributed by atoms with Crippen LogP contribution in [0.5, 0.6) is 0 Å². The molecule has 5 heteroatoms. The highest BCUT2D eigenvalue weighted by atomic mass is 19.2. The van der Waals surface area contributed by atoms with Gasteiger partial charge in [-0.05, 0) is 31.5 Å². The highest BCUT2D eigenvalue weighted by Gasteiger charge is 2.18. The number of hydrogen-bond donors (Lipinski definition) is 0. The molecular weight excluding hydrogens is 250 g/mol. The van der Waals surface area contributed by atoms with Crippen LogP contribution in [-0.2, 0) is 13.5 Å². The summed E-state index contributed by atoms with van der Waals surface area (Å²) < 4.78 is 27.5. The summed E-state index contributed by atoms with van der Waals surface area (Å²) in [5, 5.41) is 4.17. The first-order valence-corrected chi connectivity index (χ1v) is 5.87. The molecule has 100 valence electrons. The summed E-state index contributed by atoms with van der Waals surface area (Å²) in [6.45, 7) is 3.56. The number of ketones is 1. The molecular formula is C14H14F2N2O. The number of carbonyl (C=O) groups excluding carboxylic acids is 1. The molecule has 1 heterocycles.